The van der Waals surface area contributed by atoms with E-state index in [9.17, 15) is 8.60 Å². The minimum atomic E-state index is -0.911. The van der Waals surface area contributed by atoms with Gasteiger partial charge in [0.1, 0.15) is 11.6 Å². The molecule has 2 aromatic rings. The van der Waals surface area contributed by atoms with Crippen LogP contribution in [0.3, 0.4) is 0 Å². The number of alkyl halides is 1. The second kappa shape index (κ2) is 6.05. The molecule has 104 valence electrons. The SMILES string of the molecule is CC(Cl)c1nc2cc(I)c(F)cc2n1CCS(C)=O. The fourth-order valence-electron chi connectivity index (χ4n) is 1.90. The quantitative estimate of drug-likeness (QED) is 0.567. The summed E-state index contributed by atoms with van der Waals surface area (Å²) in [6.45, 7) is 2.34. The van der Waals surface area contributed by atoms with Crippen LogP contribution in [0.5, 0.6) is 0 Å². The molecule has 2 unspecified atom stereocenters. The first kappa shape index (κ1) is 15.2. The van der Waals surface area contributed by atoms with Crippen LogP contribution < -0.4 is 0 Å². The van der Waals surface area contributed by atoms with Crippen LogP contribution >= 0.6 is 34.2 Å². The number of fused-ring (bicyclic) bond motifs is 1. The van der Waals surface area contributed by atoms with Gasteiger partial charge in [0.05, 0.1) is 20.0 Å². The van der Waals surface area contributed by atoms with Crippen molar-refractivity contribution >= 4 is 56.0 Å². The molecule has 0 saturated heterocycles. The molecule has 0 N–H and O–H groups in total. The lowest BCUT2D eigenvalue weighted by molar-refractivity contribution is 0.620. The van der Waals surface area contributed by atoms with Crippen molar-refractivity contribution in [2.45, 2.75) is 18.8 Å². The minimum absolute atomic E-state index is 0.277. The topological polar surface area (TPSA) is 34.9 Å². The highest BCUT2D eigenvalue weighted by molar-refractivity contribution is 14.1. The van der Waals surface area contributed by atoms with Gasteiger partial charge in [0.15, 0.2) is 0 Å². The Labute approximate surface area is 132 Å². The molecule has 1 heterocycles. The highest BCUT2D eigenvalue weighted by Gasteiger charge is 2.16. The van der Waals surface area contributed by atoms with Gasteiger partial charge in [-0.1, -0.05) is 0 Å². The van der Waals surface area contributed by atoms with Crippen LogP contribution in [-0.2, 0) is 17.3 Å². The molecule has 1 aromatic carbocycles. The molecular weight excluding hydrogens is 402 g/mol. The summed E-state index contributed by atoms with van der Waals surface area (Å²) in [5, 5.41) is -0.279. The summed E-state index contributed by atoms with van der Waals surface area (Å²) >= 11 is 8.06. The molecule has 0 fully saturated rings. The number of benzene rings is 1. The molecule has 0 aliphatic rings. The van der Waals surface area contributed by atoms with E-state index in [0.717, 1.165) is 5.52 Å². The molecule has 0 aliphatic heterocycles. The Kier molecular flexibility index (Phi) is 4.84. The number of rotatable bonds is 4. The highest BCUT2D eigenvalue weighted by Crippen LogP contribution is 2.27. The molecule has 2 atom stereocenters. The summed E-state index contributed by atoms with van der Waals surface area (Å²) < 4.78 is 27.3. The first-order valence-electron chi connectivity index (χ1n) is 5.69. The molecule has 0 saturated carbocycles. The van der Waals surface area contributed by atoms with Crippen LogP contribution in [-0.4, -0.2) is 25.8 Å². The maximum atomic E-state index is 13.7. The molecule has 2 rings (SSSR count). The third-order valence-electron chi connectivity index (χ3n) is 2.78. The summed E-state index contributed by atoms with van der Waals surface area (Å²) in [6.07, 6.45) is 1.65. The fourth-order valence-corrected chi connectivity index (χ4v) is 2.95. The van der Waals surface area contributed by atoms with Crippen LogP contribution in [0.1, 0.15) is 18.1 Å². The van der Waals surface area contributed by atoms with Crippen molar-refractivity contribution in [3.63, 3.8) is 0 Å². The maximum Gasteiger partial charge on any atom is 0.138 e. The maximum absolute atomic E-state index is 13.7. The number of halogens is 3. The normalized spacial score (nSPS) is 14.8. The van der Waals surface area contributed by atoms with Gasteiger partial charge in [-0.05, 0) is 35.6 Å². The van der Waals surface area contributed by atoms with Crippen LogP contribution in [0.4, 0.5) is 4.39 Å². The van der Waals surface area contributed by atoms with E-state index in [-0.39, 0.29) is 11.2 Å². The van der Waals surface area contributed by atoms with Crippen molar-refractivity contribution in [2.24, 2.45) is 0 Å². The van der Waals surface area contributed by atoms with Crippen molar-refractivity contribution in [1.82, 2.24) is 9.55 Å². The number of aromatic nitrogens is 2. The van der Waals surface area contributed by atoms with Crippen LogP contribution in [0.2, 0.25) is 0 Å². The third kappa shape index (κ3) is 3.28. The van der Waals surface area contributed by atoms with Crippen molar-refractivity contribution in [3.05, 3.63) is 27.3 Å². The van der Waals surface area contributed by atoms with E-state index >= 15 is 0 Å². The van der Waals surface area contributed by atoms with Gasteiger partial charge in [-0.25, -0.2) is 9.37 Å². The molecule has 3 nitrogen and oxygen atoms in total. The standard InChI is InChI=1S/C12H13ClFIN2OS/c1-7(13)12-16-10-6-9(15)8(14)5-11(10)17(12)3-4-19(2)18/h5-7H,3-4H2,1-2H3. The van der Waals surface area contributed by atoms with Gasteiger partial charge in [-0.3, -0.25) is 4.21 Å². The lowest BCUT2D eigenvalue weighted by atomic mass is 10.3. The molecular formula is C12H13ClFIN2OS. The largest absolute Gasteiger partial charge is 0.326 e. The zero-order valence-electron chi connectivity index (χ0n) is 10.5. The summed E-state index contributed by atoms with van der Waals surface area (Å²) in [6, 6.07) is 3.17. The van der Waals surface area contributed by atoms with Gasteiger partial charge >= 0.3 is 0 Å². The van der Waals surface area contributed by atoms with Crippen molar-refractivity contribution < 1.29 is 8.60 Å². The zero-order chi connectivity index (χ0) is 14.2. The summed E-state index contributed by atoms with van der Waals surface area (Å²) in [5.74, 6) is 0.902. The van der Waals surface area contributed by atoms with Crippen LogP contribution in [0.25, 0.3) is 11.0 Å². The second-order valence-corrected chi connectivity index (χ2v) is 7.64. The number of aryl methyl sites for hydroxylation is 1. The van der Waals surface area contributed by atoms with Gasteiger partial charge in [0.2, 0.25) is 0 Å². The summed E-state index contributed by atoms with van der Waals surface area (Å²) in [5.41, 5.74) is 1.42. The Morgan fingerprint density at radius 1 is 1.58 bits per heavy atom. The van der Waals surface area contributed by atoms with Gasteiger partial charge in [-0.2, -0.15) is 0 Å². The average Bonchev–Trinajstić information content (AvgIpc) is 2.65. The molecule has 0 radical (unpaired) electrons. The van der Waals surface area contributed by atoms with E-state index in [1.54, 1.807) is 12.3 Å². The third-order valence-corrected chi connectivity index (χ3v) is 4.56. The molecule has 0 bridgehead atoms. The monoisotopic (exact) mass is 414 g/mol. The molecule has 1 aromatic heterocycles. The van der Waals surface area contributed by atoms with Gasteiger partial charge in [-0.15, -0.1) is 11.6 Å². The fraction of sp³-hybridized carbons (Fsp3) is 0.417. The highest BCUT2D eigenvalue weighted by atomic mass is 127. The molecule has 0 aliphatic carbocycles. The second-order valence-electron chi connectivity index (χ2n) is 4.27. The smallest absolute Gasteiger partial charge is 0.138 e. The summed E-state index contributed by atoms with van der Waals surface area (Å²) in [7, 11) is -0.911. The van der Waals surface area contributed by atoms with E-state index in [1.165, 1.54) is 6.07 Å². The average molecular weight is 415 g/mol. The lowest BCUT2D eigenvalue weighted by Gasteiger charge is -2.09. The van der Waals surface area contributed by atoms with Crippen molar-refractivity contribution in [2.75, 3.05) is 12.0 Å². The van der Waals surface area contributed by atoms with Crippen molar-refractivity contribution in [3.8, 4) is 0 Å². The van der Waals surface area contributed by atoms with Crippen LogP contribution in [0, 0.1) is 9.39 Å². The Morgan fingerprint density at radius 2 is 2.26 bits per heavy atom. The Balaban J connectivity index is 2.58. The van der Waals surface area contributed by atoms with Crippen molar-refractivity contribution in [1.29, 1.82) is 0 Å². The number of hydrogen-bond acceptors (Lipinski definition) is 2. The first-order chi connectivity index (χ1) is 8.90. The zero-order valence-corrected chi connectivity index (χ0v) is 14.2. The number of hydrogen-bond donors (Lipinski definition) is 0. The van der Waals surface area contributed by atoms with E-state index < -0.39 is 10.8 Å². The van der Waals surface area contributed by atoms with Gasteiger partial charge in [0, 0.05) is 35.4 Å². The molecule has 0 amide bonds. The first-order valence-corrected chi connectivity index (χ1v) is 8.93. The summed E-state index contributed by atoms with van der Waals surface area (Å²) in [4.78, 5) is 4.45. The van der Waals surface area contributed by atoms with E-state index in [0.29, 0.717) is 27.2 Å². The van der Waals surface area contributed by atoms with Gasteiger partial charge in [0.25, 0.3) is 0 Å². The van der Waals surface area contributed by atoms with Gasteiger partial charge < -0.3 is 4.57 Å². The lowest BCUT2D eigenvalue weighted by Crippen LogP contribution is -2.10. The minimum Gasteiger partial charge on any atom is -0.326 e. The Hall–Kier alpha value is -0.210. The predicted molar refractivity (Wildman–Crippen MR) is 85.6 cm³/mol. The van der Waals surface area contributed by atoms with Crippen LogP contribution in [0.15, 0.2) is 12.1 Å². The van der Waals surface area contributed by atoms with E-state index in [4.69, 9.17) is 11.6 Å². The van der Waals surface area contributed by atoms with E-state index in [1.807, 2.05) is 34.1 Å². The van der Waals surface area contributed by atoms with E-state index in [2.05, 4.69) is 4.98 Å². The predicted octanol–water partition coefficient (Wildman–Crippen LogP) is 3.46. The molecule has 7 heteroatoms. The Bertz CT molecular complexity index is 644. The number of imidazole rings is 1. The molecule has 19 heavy (non-hydrogen) atoms. The Morgan fingerprint density at radius 3 is 2.84 bits per heavy atom. The molecule has 0 spiro atoms. The number of nitrogens with zero attached hydrogens (tertiary/aromatic N) is 2.